The topological polar surface area (TPSA) is 73.4 Å². The Hall–Kier alpha value is -1.76. The molecule has 22 heavy (non-hydrogen) atoms. The lowest BCUT2D eigenvalue weighted by molar-refractivity contribution is 0.504. The average molecular weight is 426 g/mol. The maximum atomic E-state index is 8.26. The Morgan fingerprint density at radius 2 is 0.909 bits per heavy atom. The molecular formula is C16H18Br2N4. The number of hydrogen-bond acceptors (Lipinski definition) is 4. The number of nitriles is 2. The highest BCUT2D eigenvalue weighted by molar-refractivity contribution is 8.93. The lowest BCUT2D eigenvalue weighted by Crippen LogP contribution is -1.85. The SMILES string of the molecule is Br.Br.C1CCC1.N#Cc1ccncc1.N#Cc1ccncc1. The van der Waals surface area contributed by atoms with Crippen LogP contribution < -0.4 is 0 Å². The number of pyridine rings is 2. The van der Waals surface area contributed by atoms with Crippen LogP contribution in [0.2, 0.25) is 0 Å². The number of nitrogens with zero attached hydrogens (tertiary/aromatic N) is 4. The maximum absolute atomic E-state index is 8.26. The fourth-order valence-electron chi connectivity index (χ4n) is 1.10. The number of aromatic nitrogens is 2. The molecule has 0 aromatic carbocycles. The summed E-state index contributed by atoms with van der Waals surface area (Å²) in [5.74, 6) is 0. The second kappa shape index (κ2) is 15.6. The number of rotatable bonds is 0. The Balaban J connectivity index is 0. The Morgan fingerprint density at radius 1 is 0.636 bits per heavy atom. The van der Waals surface area contributed by atoms with Gasteiger partial charge in [0.15, 0.2) is 0 Å². The van der Waals surface area contributed by atoms with Crippen molar-refractivity contribution < 1.29 is 0 Å². The van der Waals surface area contributed by atoms with Crippen LogP contribution in [0.1, 0.15) is 36.8 Å². The van der Waals surface area contributed by atoms with Gasteiger partial charge in [-0.05, 0) is 24.3 Å². The molecule has 0 saturated heterocycles. The van der Waals surface area contributed by atoms with Crippen LogP contribution >= 0.6 is 34.0 Å². The summed E-state index contributed by atoms with van der Waals surface area (Å²) in [4.78, 5) is 7.48. The second-order valence-corrected chi connectivity index (χ2v) is 4.11. The summed E-state index contributed by atoms with van der Waals surface area (Å²) in [5, 5.41) is 16.5. The third kappa shape index (κ3) is 11.0. The van der Waals surface area contributed by atoms with E-state index in [1.54, 1.807) is 49.1 Å². The fourth-order valence-corrected chi connectivity index (χ4v) is 1.10. The Bertz CT molecular complexity index is 505. The number of hydrogen-bond donors (Lipinski definition) is 0. The normalized spacial score (nSPS) is 10.1. The van der Waals surface area contributed by atoms with Crippen LogP contribution in [-0.2, 0) is 0 Å². The maximum Gasteiger partial charge on any atom is 0.0992 e. The van der Waals surface area contributed by atoms with E-state index in [9.17, 15) is 0 Å². The standard InChI is InChI=1S/2C6H4N2.C4H8.2BrH/c2*7-5-6-1-3-8-4-2-6;1-2-4-3-1;;/h2*1-4H;1-4H2;2*1H. The third-order valence-corrected chi connectivity index (χ3v) is 2.62. The molecule has 0 unspecified atom stereocenters. The molecular weight excluding hydrogens is 408 g/mol. The van der Waals surface area contributed by atoms with Gasteiger partial charge < -0.3 is 0 Å². The molecule has 2 heterocycles. The van der Waals surface area contributed by atoms with Crippen molar-refractivity contribution in [1.82, 2.24) is 9.97 Å². The van der Waals surface area contributed by atoms with Gasteiger partial charge in [0.2, 0.25) is 0 Å². The molecule has 2 aromatic heterocycles. The van der Waals surface area contributed by atoms with Crippen LogP contribution in [0.4, 0.5) is 0 Å². The molecule has 1 aliphatic rings. The van der Waals surface area contributed by atoms with Crippen molar-refractivity contribution in [1.29, 1.82) is 10.5 Å². The zero-order chi connectivity index (χ0) is 14.5. The highest BCUT2D eigenvalue weighted by Crippen LogP contribution is 2.15. The van der Waals surface area contributed by atoms with Gasteiger partial charge in [-0.2, -0.15) is 10.5 Å². The van der Waals surface area contributed by atoms with Crippen LogP contribution in [0.3, 0.4) is 0 Å². The minimum absolute atomic E-state index is 0. The van der Waals surface area contributed by atoms with Crippen LogP contribution in [0.5, 0.6) is 0 Å². The van der Waals surface area contributed by atoms with Gasteiger partial charge in [0.05, 0.1) is 23.3 Å². The van der Waals surface area contributed by atoms with Gasteiger partial charge in [0.1, 0.15) is 0 Å². The molecule has 1 fully saturated rings. The van der Waals surface area contributed by atoms with Crippen LogP contribution in [0.15, 0.2) is 49.1 Å². The van der Waals surface area contributed by atoms with Crippen molar-refractivity contribution in [3.63, 3.8) is 0 Å². The van der Waals surface area contributed by atoms with E-state index in [0.717, 1.165) is 0 Å². The Morgan fingerprint density at radius 3 is 1.05 bits per heavy atom. The van der Waals surface area contributed by atoms with E-state index in [-0.39, 0.29) is 34.0 Å². The van der Waals surface area contributed by atoms with Crippen molar-refractivity contribution >= 4 is 34.0 Å². The van der Waals surface area contributed by atoms with Gasteiger partial charge in [-0.25, -0.2) is 0 Å². The highest BCUT2D eigenvalue weighted by Gasteiger charge is 1.95. The Kier molecular flexibility index (Phi) is 16.0. The molecule has 4 nitrogen and oxygen atoms in total. The van der Waals surface area contributed by atoms with E-state index < -0.39 is 0 Å². The molecule has 0 amide bonds. The first-order chi connectivity index (χ1) is 9.86. The lowest BCUT2D eigenvalue weighted by atomic mass is 10.0. The molecule has 0 aliphatic heterocycles. The second-order valence-electron chi connectivity index (χ2n) is 4.11. The van der Waals surface area contributed by atoms with E-state index in [1.165, 1.54) is 25.7 Å². The van der Waals surface area contributed by atoms with Crippen molar-refractivity contribution in [3.8, 4) is 12.1 Å². The zero-order valence-electron chi connectivity index (χ0n) is 12.1. The molecule has 6 heteroatoms. The van der Waals surface area contributed by atoms with E-state index in [2.05, 4.69) is 9.97 Å². The zero-order valence-corrected chi connectivity index (χ0v) is 15.5. The van der Waals surface area contributed by atoms with Crippen LogP contribution in [0.25, 0.3) is 0 Å². The van der Waals surface area contributed by atoms with Gasteiger partial charge >= 0.3 is 0 Å². The minimum atomic E-state index is 0. The summed E-state index contributed by atoms with van der Waals surface area (Å²) in [6.07, 6.45) is 12.4. The first-order valence-corrected chi connectivity index (χ1v) is 6.47. The van der Waals surface area contributed by atoms with Gasteiger partial charge in [0, 0.05) is 24.8 Å². The molecule has 0 atom stereocenters. The van der Waals surface area contributed by atoms with E-state index in [1.807, 2.05) is 12.1 Å². The summed E-state index contributed by atoms with van der Waals surface area (Å²) >= 11 is 0. The largest absolute Gasteiger partial charge is 0.265 e. The molecule has 0 bridgehead atoms. The highest BCUT2D eigenvalue weighted by atomic mass is 79.9. The van der Waals surface area contributed by atoms with E-state index in [0.29, 0.717) is 11.1 Å². The van der Waals surface area contributed by atoms with E-state index >= 15 is 0 Å². The summed E-state index contributed by atoms with van der Waals surface area (Å²) < 4.78 is 0. The molecule has 0 spiro atoms. The minimum Gasteiger partial charge on any atom is -0.265 e. The molecule has 0 radical (unpaired) electrons. The fraction of sp³-hybridized carbons (Fsp3) is 0.250. The summed E-state index contributed by atoms with van der Waals surface area (Å²) in [6, 6.07) is 10.6. The Labute approximate surface area is 152 Å². The molecule has 1 aliphatic carbocycles. The molecule has 2 aromatic rings. The number of halogens is 2. The first-order valence-electron chi connectivity index (χ1n) is 6.47. The van der Waals surface area contributed by atoms with Crippen LogP contribution in [0, 0.1) is 22.7 Å². The van der Waals surface area contributed by atoms with Gasteiger partial charge in [-0.1, -0.05) is 25.7 Å². The average Bonchev–Trinajstić information content (AvgIpc) is 2.48. The van der Waals surface area contributed by atoms with E-state index in [4.69, 9.17) is 10.5 Å². The van der Waals surface area contributed by atoms with Crippen molar-refractivity contribution in [2.45, 2.75) is 25.7 Å². The van der Waals surface area contributed by atoms with Gasteiger partial charge in [0.25, 0.3) is 0 Å². The summed E-state index contributed by atoms with van der Waals surface area (Å²) in [5.41, 5.74) is 1.31. The third-order valence-electron chi connectivity index (χ3n) is 2.62. The monoisotopic (exact) mass is 424 g/mol. The van der Waals surface area contributed by atoms with Gasteiger partial charge in [-0.15, -0.1) is 34.0 Å². The smallest absolute Gasteiger partial charge is 0.0992 e. The summed E-state index contributed by atoms with van der Waals surface area (Å²) in [7, 11) is 0. The molecule has 116 valence electrons. The lowest BCUT2D eigenvalue weighted by Gasteiger charge is -2.05. The first kappa shape index (κ1) is 22.5. The molecule has 0 N–H and O–H groups in total. The predicted molar refractivity (Wildman–Crippen MR) is 97.0 cm³/mol. The summed E-state index contributed by atoms with van der Waals surface area (Å²) in [6.45, 7) is 0. The molecule has 3 rings (SSSR count). The van der Waals surface area contributed by atoms with Crippen molar-refractivity contribution in [2.24, 2.45) is 0 Å². The van der Waals surface area contributed by atoms with Crippen molar-refractivity contribution in [2.75, 3.05) is 0 Å². The van der Waals surface area contributed by atoms with Gasteiger partial charge in [-0.3, -0.25) is 9.97 Å². The van der Waals surface area contributed by atoms with Crippen molar-refractivity contribution in [3.05, 3.63) is 60.2 Å². The quantitative estimate of drug-likeness (QED) is 0.616. The molecule has 1 saturated carbocycles. The predicted octanol–water partition coefficient (Wildman–Crippen LogP) is 4.62. The van der Waals surface area contributed by atoms with Crippen LogP contribution in [-0.4, -0.2) is 9.97 Å².